The number of carboxylic acids is 1. The van der Waals surface area contributed by atoms with Gasteiger partial charge in [-0.25, -0.2) is 9.78 Å². The Morgan fingerprint density at radius 1 is 0.917 bits per heavy atom. The number of likely N-dealkylation sites (tertiary alicyclic amines) is 1. The lowest BCUT2D eigenvalue weighted by Crippen LogP contribution is -2.60. The summed E-state index contributed by atoms with van der Waals surface area (Å²) in [5, 5.41) is 51.7. The first kappa shape index (κ1) is 57.3. The molecule has 1 aromatic heterocycles. The number of aliphatic carboxylic acids is 1. The number of guanidine groups is 1. The molecule has 25 heteroatoms. The number of aromatic hydroxyl groups is 1. The number of hydrogen-bond donors (Lipinski definition) is 14. The highest BCUT2D eigenvalue weighted by Gasteiger charge is 2.41. The fraction of sp³-hybridized carbons (Fsp3) is 0.596. The number of benzene rings is 1. The third-order valence-corrected chi connectivity index (χ3v) is 12.8. The summed E-state index contributed by atoms with van der Waals surface area (Å²) in [6.45, 7) is 5.58. The molecule has 2 fully saturated rings. The van der Waals surface area contributed by atoms with E-state index in [0.29, 0.717) is 43.4 Å². The molecule has 72 heavy (non-hydrogen) atoms. The first-order valence-corrected chi connectivity index (χ1v) is 24.4. The summed E-state index contributed by atoms with van der Waals surface area (Å²) >= 11 is 0. The number of aromatic nitrogens is 2. The molecule has 0 spiro atoms. The molecule has 3 heterocycles. The summed E-state index contributed by atoms with van der Waals surface area (Å²) in [5.41, 5.74) is 6.34. The predicted molar refractivity (Wildman–Crippen MR) is 261 cm³/mol. The topological polar surface area (TPSA) is 384 Å². The normalized spacial score (nSPS) is 21.1. The minimum absolute atomic E-state index is 0.0504. The number of hydrogen-bond acceptors (Lipinski definition) is 13. The number of likely N-dealkylation sites (N-methyl/N-ethyl adjacent to an activating group) is 1. The minimum atomic E-state index is -1.48. The van der Waals surface area contributed by atoms with Crippen molar-refractivity contribution >= 4 is 59.2 Å². The van der Waals surface area contributed by atoms with Crippen LogP contribution in [0, 0.1) is 11.3 Å². The molecule has 25 nitrogen and oxygen atoms in total. The Labute approximate surface area is 418 Å². The van der Waals surface area contributed by atoms with E-state index < -0.39 is 107 Å². The van der Waals surface area contributed by atoms with Crippen molar-refractivity contribution < 1.29 is 53.4 Å². The van der Waals surface area contributed by atoms with Gasteiger partial charge in [-0.2, -0.15) is 0 Å². The molecule has 9 atom stereocenters. The molecule has 2 saturated heterocycles. The van der Waals surface area contributed by atoms with Gasteiger partial charge in [0.05, 0.1) is 12.4 Å². The maximum Gasteiger partial charge on any atom is 0.326 e. The number of nitrogens with zero attached hydrogens (tertiary/aromatic N) is 2. The quantitative estimate of drug-likeness (QED) is 0.0361. The highest BCUT2D eigenvalue weighted by atomic mass is 16.4. The van der Waals surface area contributed by atoms with Crippen LogP contribution in [-0.2, 0) is 56.0 Å². The van der Waals surface area contributed by atoms with E-state index in [9.17, 15) is 53.4 Å². The number of rotatable bonds is 21. The van der Waals surface area contributed by atoms with Crippen molar-refractivity contribution in [1.29, 1.82) is 5.41 Å². The molecule has 2 aliphatic rings. The van der Waals surface area contributed by atoms with E-state index in [-0.39, 0.29) is 76.3 Å². The van der Waals surface area contributed by atoms with Gasteiger partial charge < -0.3 is 73.7 Å². The molecule has 15 N–H and O–H groups in total. The van der Waals surface area contributed by atoms with Crippen molar-refractivity contribution in [2.75, 3.05) is 26.7 Å². The van der Waals surface area contributed by atoms with E-state index in [0.717, 1.165) is 0 Å². The number of phenolic OH excluding ortho intramolecular Hbond substituents is 1. The van der Waals surface area contributed by atoms with Crippen LogP contribution in [0.5, 0.6) is 5.75 Å². The van der Waals surface area contributed by atoms with Gasteiger partial charge in [0.15, 0.2) is 5.96 Å². The van der Waals surface area contributed by atoms with Crippen molar-refractivity contribution in [3.8, 4) is 5.75 Å². The molecular formula is C47H72N14O11. The zero-order valence-electron chi connectivity index (χ0n) is 41.3. The second kappa shape index (κ2) is 28.5. The summed E-state index contributed by atoms with van der Waals surface area (Å²) < 4.78 is 0. The highest BCUT2D eigenvalue weighted by molar-refractivity contribution is 5.98. The fourth-order valence-corrected chi connectivity index (χ4v) is 8.25. The van der Waals surface area contributed by atoms with Crippen molar-refractivity contribution in [2.45, 2.75) is 146 Å². The SMILES string of the molecule is CC[C@H](C)[C@H](NC(=O)[C@@H]1CCCN1C(=O)[C@H](Cc1cnc[nH]1)NC(=O)[C@@H]1CCC(=O)NCCCC[C@H](NC(=O)[C@H](CCCNC(=N)N)NC(=O)[C@H](C)NC)C(=O)N[C@@H](Cc2ccc(O)cc2)C(=O)N1)C(=O)O. The van der Waals surface area contributed by atoms with E-state index in [1.807, 2.05) is 0 Å². The molecule has 1 aromatic carbocycles. The van der Waals surface area contributed by atoms with Gasteiger partial charge in [-0.3, -0.25) is 43.8 Å². The van der Waals surface area contributed by atoms with Crippen LogP contribution >= 0.6 is 0 Å². The monoisotopic (exact) mass is 1010 g/mol. The van der Waals surface area contributed by atoms with Crippen LogP contribution in [0.1, 0.15) is 96.2 Å². The number of phenols is 1. The molecule has 0 unspecified atom stereocenters. The van der Waals surface area contributed by atoms with Gasteiger partial charge in [0, 0.05) is 50.8 Å². The minimum Gasteiger partial charge on any atom is -0.508 e. The summed E-state index contributed by atoms with van der Waals surface area (Å²) in [4.78, 5) is 132. The molecule has 0 aliphatic carbocycles. The first-order valence-electron chi connectivity index (χ1n) is 24.4. The number of carboxylic acid groups (broad SMARTS) is 1. The van der Waals surface area contributed by atoms with Crippen LogP contribution in [-0.4, -0.2) is 159 Å². The summed E-state index contributed by atoms with van der Waals surface area (Å²) in [7, 11) is 1.57. The highest BCUT2D eigenvalue weighted by Crippen LogP contribution is 2.21. The van der Waals surface area contributed by atoms with Crippen LogP contribution in [0.15, 0.2) is 36.8 Å². The Balaban J connectivity index is 1.64. The van der Waals surface area contributed by atoms with Crippen LogP contribution in [0.4, 0.5) is 0 Å². The third-order valence-electron chi connectivity index (χ3n) is 12.8. The van der Waals surface area contributed by atoms with Crippen LogP contribution in [0.3, 0.4) is 0 Å². The van der Waals surface area contributed by atoms with Gasteiger partial charge in [0.1, 0.15) is 48.0 Å². The lowest BCUT2D eigenvalue weighted by atomic mass is 9.98. The van der Waals surface area contributed by atoms with Gasteiger partial charge >= 0.3 is 5.97 Å². The molecule has 4 rings (SSSR count). The van der Waals surface area contributed by atoms with Crippen molar-refractivity contribution in [3.05, 3.63) is 48.0 Å². The molecule has 0 radical (unpaired) electrons. The molecule has 0 saturated carbocycles. The Morgan fingerprint density at radius 2 is 1.65 bits per heavy atom. The fourth-order valence-electron chi connectivity index (χ4n) is 8.25. The molecule has 396 valence electrons. The Morgan fingerprint density at radius 3 is 2.31 bits per heavy atom. The lowest BCUT2D eigenvalue weighted by molar-refractivity contribution is -0.146. The second-order valence-electron chi connectivity index (χ2n) is 18.2. The Bertz CT molecular complexity index is 2190. The second-order valence-corrected chi connectivity index (χ2v) is 18.2. The molecular weight excluding hydrogens is 937 g/mol. The number of aromatic amines is 1. The number of H-pyrrole nitrogens is 1. The number of imidazole rings is 1. The van der Waals surface area contributed by atoms with E-state index in [2.05, 4.69) is 57.8 Å². The zero-order valence-corrected chi connectivity index (χ0v) is 41.3. The number of carbonyl (C=O) groups is 9. The van der Waals surface area contributed by atoms with Crippen LogP contribution in [0.25, 0.3) is 0 Å². The Hall–Kier alpha value is -7.31. The molecule has 2 aromatic rings. The maximum atomic E-state index is 14.5. The first-order chi connectivity index (χ1) is 34.3. The van der Waals surface area contributed by atoms with Crippen molar-refractivity contribution in [1.82, 2.24) is 62.7 Å². The summed E-state index contributed by atoms with van der Waals surface area (Å²) in [6, 6.07) is -3.74. The average Bonchev–Trinajstić information content (AvgIpc) is 4.07. The third kappa shape index (κ3) is 17.8. The predicted octanol–water partition coefficient (Wildman–Crippen LogP) is -2.12. The zero-order chi connectivity index (χ0) is 52.9. The van der Waals surface area contributed by atoms with Crippen molar-refractivity contribution in [2.24, 2.45) is 11.7 Å². The van der Waals surface area contributed by atoms with Crippen molar-refractivity contribution in [3.63, 3.8) is 0 Å². The molecule has 0 bridgehead atoms. The Kier molecular flexibility index (Phi) is 22.7. The summed E-state index contributed by atoms with van der Waals surface area (Å²) in [5.74, 6) is -7.47. The number of amides is 8. The van der Waals surface area contributed by atoms with Crippen LogP contribution in [0.2, 0.25) is 0 Å². The van der Waals surface area contributed by atoms with E-state index in [4.69, 9.17) is 11.1 Å². The number of nitrogens with one attached hydrogen (secondary N) is 11. The maximum absolute atomic E-state index is 14.5. The van der Waals surface area contributed by atoms with Crippen LogP contribution < -0.4 is 53.6 Å². The summed E-state index contributed by atoms with van der Waals surface area (Å²) in [6.07, 6.45) is 4.25. The van der Waals surface area contributed by atoms with Gasteiger partial charge in [0.2, 0.25) is 47.3 Å². The van der Waals surface area contributed by atoms with Gasteiger partial charge in [0.25, 0.3) is 0 Å². The standard InChI is InChI=1S/C47H72N14O11/c1-5-26(2)38(46(71)72)60-44(69)36-12-9-21-61(36)45(70)35(23-29-24-51-25-54-29)59-42(67)33-17-18-37(63)52-19-7-6-10-31(41(66)58-34(43(68)57-33)22-28-13-15-30(62)16-14-28)56-40(65)32(11-8-20-53-47(48)49)55-39(64)27(3)50-4/h13-16,24-27,31-36,38,50,62H,5-12,17-23H2,1-4H3,(H,51,54)(H,52,63)(H,55,64)(H,56,65)(H,57,68)(H,58,66)(H,59,67)(H,60,69)(H,71,72)(H4,48,49,53)/t26-,27-,31-,32-,33-,34-,35-,36-,38-/m0/s1. The average molecular weight is 1010 g/mol. The van der Waals surface area contributed by atoms with Gasteiger partial charge in [-0.1, -0.05) is 32.4 Å². The molecule has 8 amide bonds. The largest absolute Gasteiger partial charge is 0.508 e. The number of carbonyl (C=O) groups excluding carboxylic acids is 8. The van der Waals surface area contributed by atoms with E-state index in [1.165, 1.54) is 41.7 Å². The van der Waals surface area contributed by atoms with E-state index >= 15 is 0 Å². The molecule has 2 aliphatic heterocycles. The van der Waals surface area contributed by atoms with Gasteiger partial charge in [-0.15, -0.1) is 0 Å². The smallest absolute Gasteiger partial charge is 0.326 e. The van der Waals surface area contributed by atoms with E-state index in [1.54, 1.807) is 27.8 Å². The van der Waals surface area contributed by atoms with Gasteiger partial charge in [-0.05, 0) is 89.0 Å². The lowest BCUT2D eigenvalue weighted by Gasteiger charge is -2.31. The number of nitrogens with two attached hydrogens (primary N) is 1.